The van der Waals surface area contributed by atoms with Gasteiger partial charge in [-0.2, -0.15) is 0 Å². The average Bonchev–Trinajstić information content (AvgIpc) is 2.89. The predicted octanol–water partition coefficient (Wildman–Crippen LogP) is 6.21. The van der Waals surface area contributed by atoms with Gasteiger partial charge in [-0.25, -0.2) is 4.79 Å². The topological polar surface area (TPSA) is 84.5 Å². The number of anilines is 1. The molecule has 1 aliphatic carbocycles. The fourth-order valence-corrected chi connectivity index (χ4v) is 5.00. The van der Waals surface area contributed by atoms with E-state index in [1.807, 2.05) is 36.4 Å². The van der Waals surface area contributed by atoms with Crippen molar-refractivity contribution in [1.82, 2.24) is 5.32 Å². The molecule has 198 valence electrons. The highest BCUT2D eigenvalue weighted by molar-refractivity contribution is 5.98. The largest absolute Gasteiger partial charge is 0.457 e. The Morgan fingerprint density at radius 2 is 1.47 bits per heavy atom. The first-order valence-corrected chi connectivity index (χ1v) is 13.0. The van der Waals surface area contributed by atoms with E-state index in [1.54, 1.807) is 24.3 Å². The zero-order valence-corrected chi connectivity index (χ0v) is 22.8. The Kier molecular flexibility index (Phi) is 7.72. The number of benzene rings is 3. The first kappa shape index (κ1) is 27.1. The van der Waals surface area contributed by atoms with Crippen LogP contribution < -0.4 is 10.6 Å². The van der Waals surface area contributed by atoms with Gasteiger partial charge < -0.3 is 15.4 Å². The molecule has 0 radical (unpaired) electrons. The maximum absolute atomic E-state index is 13.4. The molecule has 0 saturated carbocycles. The van der Waals surface area contributed by atoms with E-state index in [2.05, 4.69) is 50.5 Å². The van der Waals surface area contributed by atoms with Crippen molar-refractivity contribution in [3.05, 3.63) is 101 Å². The lowest BCUT2D eigenvalue weighted by Crippen LogP contribution is -2.37. The number of carbonyl (C=O) groups is 3. The Bertz CT molecular complexity index is 1330. The molecule has 1 atom stereocenters. The molecule has 6 nitrogen and oxygen atoms in total. The number of hydrogen-bond donors (Lipinski definition) is 2. The van der Waals surface area contributed by atoms with Gasteiger partial charge in [-0.05, 0) is 70.2 Å². The van der Waals surface area contributed by atoms with E-state index in [9.17, 15) is 14.4 Å². The van der Waals surface area contributed by atoms with Crippen LogP contribution in [-0.4, -0.2) is 17.8 Å². The highest BCUT2D eigenvalue weighted by Crippen LogP contribution is 2.46. The van der Waals surface area contributed by atoms with E-state index >= 15 is 0 Å². The Hall–Kier alpha value is -3.93. The normalized spacial score (nSPS) is 16.0. The molecule has 0 bridgehead atoms. The third-order valence-electron chi connectivity index (χ3n) is 7.42. The van der Waals surface area contributed by atoms with Crippen molar-refractivity contribution in [1.29, 1.82) is 0 Å². The maximum atomic E-state index is 13.4. The van der Waals surface area contributed by atoms with Crippen LogP contribution >= 0.6 is 0 Å². The van der Waals surface area contributed by atoms with Crippen LogP contribution in [0.2, 0.25) is 0 Å². The van der Waals surface area contributed by atoms with E-state index < -0.39 is 12.0 Å². The Morgan fingerprint density at radius 3 is 2.11 bits per heavy atom. The summed E-state index contributed by atoms with van der Waals surface area (Å²) in [4.78, 5) is 37.8. The van der Waals surface area contributed by atoms with Crippen LogP contribution in [0.3, 0.4) is 0 Å². The van der Waals surface area contributed by atoms with Gasteiger partial charge in [-0.3, -0.25) is 9.59 Å². The highest BCUT2D eigenvalue weighted by Gasteiger charge is 2.37. The van der Waals surface area contributed by atoms with Crippen molar-refractivity contribution < 1.29 is 19.1 Å². The molecular weight excluding hydrogens is 476 g/mol. The summed E-state index contributed by atoms with van der Waals surface area (Å²) < 4.78 is 5.38. The molecule has 0 heterocycles. The van der Waals surface area contributed by atoms with Crippen molar-refractivity contribution in [2.75, 3.05) is 5.32 Å². The lowest BCUT2D eigenvalue weighted by molar-refractivity contribution is -0.125. The molecule has 0 spiro atoms. The first-order valence-electron chi connectivity index (χ1n) is 13.0. The van der Waals surface area contributed by atoms with E-state index in [-0.39, 0.29) is 29.3 Å². The summed E-state index contributed by atoms with van der Waals surface area (Å²) in [7, 11) is 0. The van der Waals surface area contributed by atoms with Crippen LogP contribution in [0.4, 0.5) is 5.69 Å². The fourth-order valence-electron chi connectivity index (χ4n) is 5.00. The number of amides is 2. The third-order valence-corrected chi connectivity index (χ3v) is 7.42. The van der Waals surface area contributed by atoms with Crippen molar-refractivity contribution >= 4 is 23.5 Å². The molecule has 3 aromatic rings. The first-order chi connectivity index (χ1) is 18.0. The molecule has 1 aliphatic rings. The average molecular weight is 513 g/mol. The molecule has 2 amide bonds. The number of esters is 1. The molecule has 38 heavy (non-hydrogen) atoms. The quantitative estimate of drug-likeness (QED) is 0.369. The second-order valence-electron chi connectivity index (χ2n) is 11.3. The number of nitrogens with one attached hydrogen (secondary N) is 2. The van der Waals surface area contributed by atoms with E-state index in [0.29, 0.717) is 11.3 Å². The fraction of sp³-hybridized carbons (Fsp3) is 0.344. The predicted molar refractivity (Wildman–Crippen MR) is 149 cm³/mol. The summed E-state index contributed by atoms with van der Waals surface area (Å²) in [6.45, 7) is 10.5. The standard InChI is InChI=1S/C32H36N2O4/c1-21(35)33-28(24-13-16-26-27(19-24)32(4,5)18-17-31(26,2)3)29(36)34-25-14-11-23(12-15-25)30(37)38-20-22-9-7-6-8-10-22/h6-16,19,28H,17-18,20H2,1-5H3,(H,33,35)(H,34,36). The number of hydrogen-bond acceptors (Lipinski definition) is 4. The smallest absolute Gasteiger partial charge is 0.338 e. The maximum Gasteiger partial charge on any atom is 0.338 e. The lowest BCUT2D eigenvalue weighted by Gasteiger charge is -2.42. The van der Waals surface area contributed by atoms with E-state index in [1.165, 1.54) is 18.1 Å². The molecule has 6 heteroatoms. The summed E-state index contributed by atoms with van der Waals surface area (Å²) >= 11 is 0. The number of fused-ring (bicyclic) bond motifs is 1. The minimum atomic E-state index is -0.853. The van der Waals surface area contributed by atoms with Crippen LogP contribution in [0, 0.1) is 0 Å². The second-order valence-corrected chi connectivity index (χ2v) is 11.3. The van der Waals surface area contributed by atoms with Gasteiger partial charge in [-0.15, -0.1) is 0 Å². The highest BCUT2D eigenvalue weighted by atomic mass is 16.5. The molecule has 2 N–H and O–H groups in total. The Morgan fingerprint density at radius 1 is 0.842 bits per heavy atom. The van der Waals surface area contributed by atoms with Gasteiger partial charge in [0.2, 0.25) is 5.91 Å². The van der Waals surface area contributed by atoms with E-state index in [4.69, 9.17) is 4.74 Å². The number of rotatable bonds is 7. The van der Waals surface area contributed by atoms with Gasteiger partial charge in [0, 0.05) is 12.6 Å². The van der Waals surface area contributed by atoms with E-state index in [0.717, 1.165) is 24.0 Å². The summed E-state index contributed by atoms with van der Waals surface area (Å²) in [6.07, 6.45) is 2.14. The monoisotopic (exact) mass is 512 g/mol. The SMILES string of the molecule is CC(=O)NC(C(=O)Nc1ccc(C(=O)OCc2ccccc2)cc1)c1ccc2c(c1)C(C)(C)CCC2(C)C. The minimum Gasteiger partial charge on any atom is -0.457 e. The molecular formula is C32H36N2O4. The van der Waals surface area contributed by atoms with Crippen molar-refractivity contribution in [2.24, 2.45) is 0 Å². The van der Waals surface area contributed by atoms with Gasteiger partial charge in [0.05, 0.1) is 5.56 Å². The van der Waals surface area contributed by atoms with Gasteiger partial charge in [0.25, 0.3) is 5.91 Å². The summed E-state index contributed by atoms with van der Waals surface area (Å²) in [5.74, 6) is -1.09. The number of carbonyl (C=O) groups excluding carboxylic acids is 3. The van der Waals surface area contributed by atoms with Crippen molar-refractivity contribution in [3.63, 3.8) is 0 Å². The van der Waals surface area contributed by atoms with Crippen LogP contribution in [0.1, 0.15) is 86.1 Å². The van der Waals surface area contributed by atoms with Gasteiger partial charge in [0.15, 0.2) is 0 Å². The molecule has 0 fully saturated rings. The summed E-state index contributed by atoms with van der Waals surface area (Å²) in [5, 5.41) is 5.69. The van der Waals surface area contributed by atoms with Crippen LogP contribution in [-0.2, 0) is 31.8 Å². The third kappa shape index (κ3) is 6.13. The number of ether oxygens (including phenoxy) is 1. The minimum absolute atomic E-state index is 0.0247. The molecule has 0 aliphatic heterocycles. The van der Waals surface area contributed by atoms with Crippen LogP contribution in [0.15, 0.2) is 72.8 Å². The Balaban J connectivity index is 1.50. The summed E-state index contributed by atoms with van der Waals surface area (Å²) in [5.41, 5.74) is 5.08. The zero-order valence-electron chi connectivity index (χ0n) is 22.8. The van der Waals surface area contributed by atoms with Crippen molar-refractivity contribution in [3.8, 4) is 0 Å². The summed E-state index contributed by atoms with van der Waals surface area (Å²) in [6, 6.07) is 21.3. The molecule has 3 aromatic carbocycles. The Labute approximate surface area is 224 Å². The van der Waals surface area contributed by atoms with Gasteiger partial charge in [0.1, 0.15) is 12.6 Å². The second kappa shape index (κ2) is 10.8. The molecule has 1 unspecified atom stereocenters. The lowest BCUT2D eigenvalue weighted by atomic mass is 9.63. The zero-order chi connectivity index (χ0) is 27.5. The van der Waals surface area contributed by atoms with Crippen molar-refractivity contribution in [2.45, 2.75) is 70.9 Å². The molecule has 0 aromatic heterocycles. The molecule has 4 rings (SSSR count). The van der Waals surface area contributed by atoms with Gasteiger partial charge >= 0.3 is 5.97 Å². The van der Waals surface area contributed by atoms with Gasteiger partial charge in [-0.1, -0.05) is 76.2 Å². The van der Waals surface area contributed by atoms with Crippen LogP contribution in [0.5, 0.6) is 0 Å². The molecule has 0 saturated heterocycles. The van der Waals surface area contributed by atoms with Crippen LogP contribution in [0.25, 0.3) is 0 Å².